The second-order valence-electron chi connectivity index (χ2n) is 3.63. The van der Waals surface area contributed by atoms with Crippen LogP contribution in [0.15, 0.2) is 40.4 Å². The van der Waals surface area contributed by atoms with E-state index in [-0.39, 0.29) is 5.56 Å². The van der Waals surface area contributed by atoms with Crippen molar-refractivity contribution in [1.82, 2.24) is 14.9 Å². The molecule has 1 aromatic carbocycles. The molecule has 0 amide bonds. The van der Waals surface area contributed by atoms with Gasteiger partial charge in [0.1, 0.15) is 6.20 Å². The van der Waals surface area contributed by atoms with Crippen LogP contribution in [-0.4, -0.2) is 25.9 Å². The fourth-order valence-electron chi connectivity index (χ4n) is 1.32. The molecule has 0 spiro atoms. The first kappa shape index (κ1) is 13.1. The lowest BCUT2D eigenvalue weighted by atomic mass is 10.1. The van der Waals surface area contributed by atoms with Crippen LogP contribution in [0.25, 0.3) is 0 Å². The molecule has 0 atom stereocenters. The second-order valence-corrected chi connectivity index (χ2v) is 4.57. The van der Waals surface area contributed by atoms with Crippen molar-refractivity contribution in [3.63, 3.8) is 0 Å². The number of carboxylic acids is 1. The molecule has 19 heavy (non-hydrogen) atoms. The first-order chi connectivity index (χ1) is 9.08. The summed E-state index contributed by atoms with van der Waals surface area (Å²) in [6.07, 6.45) is 1.03. The maximum absolute atomic E-state index is 11.2. The highest BCUT2D eigenvalue weighted by molar-refractivity contribution is 7.98. The quantitative estimate of drug-likeness (QED) is 0.612. The van der Waals surface area contributed by atoms with E-state index in [0.29, 0.717) is 10.9 Å². The SMILES string of the molecule is Nn1c(SCc2ccc(C(=O)O)cc2)nncc1=O. The van der Waals surface area contributed by atoms with Gasteiger partial charge in [-0.3, -0.25) is 4.79 Å². The van der Waals surface area contributed by atoms with Crippen LogP contribution in [0, 0.1) is 0 Å². The van der Waals surface area contributed by atoms with Crippen LogP contribution in [0.4, 0.5) is 0 Å². The summed E-state index contributed by atoms with van der Waals surface area (Å²) in [5, 5.41) is 16.4. The third-order valence-electron chi connectivity index (χ3n) is 2.32. The van der Waals surface area contributed by atoms with Crippen LogP contribution >= 0.6 is 11.8 Å². The smallest absolute Gasteiger partial charge is 0.335 e. The van der Waals surface area contributed by atoms with Crippen LogP contribution in [0.2, 0.25) is 0 Å². The molecule has 3 N–H and O–H groups in total. The van der Waals surface area contributed by atoms with Gasteiger partial charge in [0.05, 0.1) is 5.56 Å². The maximum atomic E-state index is 11.2. The predicted octanol–water partition coefficient (Wildman–Crippen LogP) is 0.343. The van der Waals surface area contributed by atoms with E-state index in [0.717, 1.165) is 16.4 Å². The van der Waals surface area contributed by atoms with Crippen LogP contribution in [0.3, 0.4) is 0 Å². The normalized spacial score (nSPS) is 10.3. The predicted molar refractivity (Wildman–Crippen MR) is 69.4 cm³/mol. The molecule has 7 nitrogen and oxygen atoms in total. The number of carboxylic acid groups (broad SMARTS) is 1. The zero-order chi connectivity index (χ0) is 13.8. The molecule has 0 aliphatic rings. The van der Waals surface area contributed by atoms with E-state index in [9.17, 15) is 9.59 Å². The molecule has 2 aromatic rings. The summed E-state index contributed by atoms with van der Waals surface area (Å²) in [6.45, 7) is 0. The number of nitrogen functional groups attached to an aromatic ring is 1. The minimum Gasteiger partial charge on any atom is -0.478 e. The Kier molecular flexibility index (Phi) is 3.81. The van der Waals surface area contributed by atoms with Crippen molar-refractivity contribution in [2.45, 2.75) is 10.9 Å². The van der Waals surface area contributed by atoms with Crippen molar-refractivity contribution in [1.29, 1.82) is 0 Å². The van der Waals surface area contributed by atoms with Gasteiger partial charge < -0.3 is 10.9 Å². The topological polar surface area (TPSA) is 111 Å². The van der Waals surface area contributed by atoms with E-state index < -0.39 is 11.5 Å². The number of benzene rings is 1. The fourth-order valence-corrected chi connectivity index (χ4v) is 2.14. The molecule has 0 saturated carbocycles. The Balaban J connectivity index is 2.08. The van der Waals surface area contributed by atoms with Crippen LogP contribution in [0.5, 0.6) is 0 Å². The lowest BCUT2D eigenvalue weighted by Crippen LogP contribution is -2.29. The zero-order valence-corrected chi connectivity index (χ0v) is 10.5. The van der Waals surface area contributed by atoms with Gasteiger partial charge in [0.25, 0.3) is 5.56 Å². The van der Waals surface area contributed by atoms with E-state index in [2.05, 4.69) is 10.2 Å². The van der Waals surface area contributed by atoms with Gasteiger partial charge in [0, 0.05) is 5.75 Å². The fraction of sp³-hybridized carbons (Fsp3) is 0.0909. The van der Waals surface area contributed by atoms with Gasteiger partial charge in [0.2, 0.25) is 5.16 Å². The maximum Gasteiger partial charge on any atom is 0.335 e. The number of carbonyl (C=O) groups is 1. The van der Waals surface area contributed by atoms with Gasteiger partial charge in [0.15, 0.2) is 0 Å². The number of hydrogen-bond acceptors (Lipinski definition) is 6. The molecule has 0 aliphatic carbocycles. The molecule has 0 saturated heterocycles. The van der Waals surface area contributed by atoms with Crippen molar-refractivity contribution in [2.24, 2.45) is 0 Å². The first-order valence-corrected chi connectivity index (χ1v) is 6.21. The van der Waals surface area contributed by atoms with Crippen molar-refractivity contribution >= 4 is 17.7 Å². The number of hydrogen-bond donors (Lipinski definition) is 2. The molecule has 0 unspecified atom stereocenters. The minimum atomic E-state index is -0.969. The Labute approximate surface area is 112 Å². The van der Waals surface area contributed by atoms with Crippen molar-refractivity contribution in [3.8, 4) is 0 Å². The van der Waals surface area contributed by atoms with Gasteiger partial charge >= 0.3 is 5.97 Å². The average Bonchev–Trinajstić information content (AvgIpc) is 2.41. The Bertz CT molecular complexity index is 654. The Morgan fingerprint density at radius 1 is 1.37 bits per heavy atom. The molecule has 2 rings (SSSR count). The second kappa shape index (κ2) is 5.53. The van der Waals surface area contributed by atoms with Gasteiger partial charge in [-0.2, -0.15) is 9.77 Å². The molecular weight excluding hydrogens is 268 g/mol. The third kappa shape index (κ3) is 3.10. The van der Waals surface area contributed by atoms with Crippen LogP contribution in [0.1, 0.15) is 15.9 Å². The van der Waals surface area contributed by atoms with Gasteiger partial charge in [-0.15, -0.1) is 5.10 Å². The van der Waals surface area contributed by atoms with Gasteiger partial charge in [-0.05, 0) is 17.7 Å². The Hall–Kier alpha value is -2.35. The Morgan fingerprint density at radius 2 is 2.05 bits per heavy atom. The Morgan fingerprint density at radius 3 is 2.68 bits per heavy atom. The molecule has 1 aromatic heterocycles. The molecule has 98 valence electrons. The van der Waals surface area contributed by atoms with Crippen molar-refractivity contribution in [3.05, 3.63) is 51.9 Å². The molecule has 8 heteroatoms. The number of nitrogens with two attached hydrogens (primary N) is 1. The first-order valence-electron chi connectivity index (χ1n) is 5.23. The summed E-state index contributed by atoms with van der Waals surface area (Å²) in [6, 6.07) is 6.44. The number of rotatable bonds is 4. The van der Waals surface area contributed by atoms with E-state index in [1.165, 1.54) is 23.9 Å². The van der Waals surface area contributed by atoms with Crippen molar-refractivity contribution in [2.75, 3.05) is 5.84 Å². The highest BCUT2D eigenvalue weighted by Gasteiger charge is 2.06. The van der Waals surface area contributed by atoms with Crippen molar-refractivity contribution < 1.29 is 9.90 Å². The molecule has 0 radical (unpaired) electrons. The number of aromatic carboxylic acids is 1. The van der Waals surface area contributed by atoms with E-state index in [4.69, 9.17) is 10.9 Å². The molecule has 0 fully saturated rings. The van der Waals surface area contributed by atoms with Crippen LogP contribution in [-0.2, 0) is 5.75 Å². The van der Waals surface area contributed by atoms with Crippen LogP contribution < -0.4 is 11.4 Å². The van der Waals surface area contributed by atoms with Gasteiger partial charge in [-0.25, -0.2) is 4.79 Å². The third-order valence-corrected chi connectivity index (χ3v) is 3.34. The zero-order valence-electron chi connectivity index (χ0n) is 9.68. The summed E-state index contributed by atoms with van der Waals surface area (Å²) in [5.41, 5.74) is 0.691. The van der Waals surface area contributed by atoms with Gasteiger partial charge in [-0.1, -0.05) is 23.9 Å². The highest BCUT2D eigenvalue weighted by Crippen LogP contribution is 2.18. The van der Waals surface area contributed by atoms with E-state index >= 15 is 0 Å². The monoisotopic (exact) mass is 278 g/mol. The highest BCUT2D eigenvalue weighted by atomic mass is 32.2. The minimum absolute atomic E-state index is 0.226. The van der Waals surface area contributed by atoms with E-state index in [1.54, 1.807) is 12.1 Å². The standard InChI is InChI=1S/C11H10N4O3S/c12-15-9(16)5-13-14-11(15)19-6-7-1-3-8(4-2-7)10(17)18/h1-5H,6,12H2,(H,17,18). The number of aromatic nitrogens is 3. The number of nitrogens with zero attached hydrogens (tertiary/aromatic N) is 3. The summed E-state index contributed by atoms with van der Waals surface area (Å²) < 4.78 is 0.920. The average molecular weight is 278 g/mol. The summed E-state index contributed by atoms with van der Waals surface area (Å²) in [7, 11) is 0. The lowest BCUT2D eigenvalue weighted by molar-refractivity contribution is 0.0697. The molecule has 0 aliphatic heterocycles. The molecule has 1 heterocycles. The van der Waals surface area contributed by atoms with E-state index in [1.807, 2.05) is 0 Å². The lowest BCUT2D eigenvalue weighted by Gasteiger charge is -2.04. The summed E-state index contributed by atoms with van der Waals surface area (Å²) in [4.78, 5) is 21.9. The molecule has 0 bridgehead atoms. The largest absolute Gasteiger partial charge is 0.478 e. The number of thioether (sulfide) groups is 1. The summed E-state index contributed by atoms with van der Waals surface area (Å²) in [5.74, 6) is 5.05. The molecular formula is C11H10N4O3S. The summed E-state index contributed by atoms with van der Waals surface area (Å²) >= 11 is 1.25.